The van der Waals surface area contributed by atoms with Crippen molar-refractivity contribution in [2.45, 2.75) is 39.5 Å². The van der Waals surface area contributed by atoms with Gasteiger partial charge in [-0.2, -0.15) is 0 Å². The zero-order valence-corrected chi connectivity index (χ0v) is 16.0. The molecule has 0 aliphatic rings. The molecule has 2 heterocycles. The Kier molecular flexibility index (Phi) is 5.07. The molecule has 2 aromatic heterocycles. The Bertz CT molecular complexity index is 1010. The highest BCUT2D eigenvalue weighted by Gasteiger charge is 2.15. The van der Waals surface area contributed by atoms with E-state index in [2.05, 4.69) is 95.3 Å². The van der Waals surface area contributed by atoms with Crippen LogP contribution in [-0.2, 0) is 19.6 Å². The third-order valence-corrected chi connectivity index (χ3v) is 5.02. The molecule has 4 aromatic rings. The van der Waals surface area contributed by atoms with Crippen LogP contribution in [0.3, 0.4) is 0 Å². The van der Waals surface area contributed by atoms with Crippen LogP contribution in [0.25, 0.3) is 11.0 Å². The Morgan fingerprint density at radius 1 is 0.963 bits per heavy atom. The molecule has 0 amide bonds. The quantitative estimate of drug-likeness (QED) is 0.517. The number of nitrogens with one attached hydrogen (secondary N) is 1. The lowest BCUT2D eigenvalue weighted by Crippen LogP contribution is -2.21. The summed E-state index contributed by atoms with van der Waals surface area (Å²) in [5.74, 6) is 1.10. The molecule has 0 saturated heterocycles. The highest BCUT2D eigenvalue weighted by molar-refractivity contribution is 5.76. The smallest absolute Gasteiger partial charge is 0.126 e. The van der Waals surface area contributed by atoms with Gasteiger partial charge in [0.2, 0.25) is 0 Å². The lowest BCUT2D eigenvalue weighted by molar-refractivity contribution is 0.521. The second-order valence-corrected chi connectivity index (χ2v) is 6.98. The topological polar surface area (TPSA) is 34.8 Å². The summed E-state index contributed by atoms with van der Waals surface area (Å²) in [7, 11) is 0. The van der Waals surface area contributed by atoms with Crippen LogP contribution in [0.4, 0.5) is 0 Å². The molecule has 0 bridgehead atoms. The van der Waals surface area contributed by atoms with Crippen molar-refractivity contribution in [2.24, 2.45) is 0 Å². The van der Waals surface area contributed by atoms with Crippen LogP contribution in [0.5, 0.6) is 0 Å². The molecule has 1 N–H and O–H groups in total. The number of para-hydroxylation sites is 2. The van der Waals surface area contributed by atoms with Gasteiger partial charge in [0.25, 0.3) is 0 Å². The lowest BCUT2D eigenvalue weighted by atomic mass is 10.2. The summed E-state index contributed by atoms with van der Waals surface area (Å²) < 4.78 is 4.53. The Hall–Kier alpha value is -2.85. The highest BCUT2D eigenvalue weighted by atomic mass is 15.1. The molecule has 0 saturated carbocycles. The minimum atomic E-state index is 0.190. The molecule has 27 heavy (non-hydrogen) atoms. The zero-order valence-electron chi connectivity index (χ0n) is 16.0. The number of fused-ring (bicyclic) bond motifs is 1. The van der Waals surface area contributed by atoms with E-state index in [9.17, 15) is 0 Å². The summed E-state index contributed by atoms with van der Waals surface area (Å²) in [5.41, 5.74) is 4.88. The summed E-state index contributed by atoms with van der Waals surface area (Å²) in [5, 5.41) is 3.63. The Balaban J connectivity index is 1.43. The fourth-order valence-electron chi connectivity index (χ4n) is 3.61. The molecule has 4 rings (SSSR count). The van der Waals surface area contributed by atoms with Crippen LogP contribution < -0.4 is 5.32 Å². The van der Waals surface area contributed by atoms with Gasteiger partial charge in [0.05, 0.1) is 17.1 Å². The third-order valence-electron chi connectivity index (χ3n) is 5.02. The molecule has 0 radical (unpaired) electrons. The number of aryl methyl sites for hydroxylation is 1. The van der Waals surface area contributed by atoms with Crippen LogP contribution in [-0.4, -0.2) is 14.1 Å². The van der Waals surface area contributed by atoms with Crippen molar-refractivity contribution < 1.29 is 0 Å². The number of hydrogen-bond donors (Lipinski definition) is 1. The number of rotatable bonds is 7. The van der Waals surface area contributed by atoms with Crippen molar-refractivity contribution in [3.8, 4) is 0 Å². The van der Waals surface area contributed by atoms with Crippen LogP contribution >= 0.6 is 0 Å². The Morgan fingerprint density at radius 3 is 2.56 bits per heavy atom. The first-order valence-corrected chi connectivity index (χ1v) is 9.61. The maximum atomic E-state index is 4.85. The van der Waals surface area contributed by atoms with E-state index >= 15 is 0 Å². The molecular formula is C23H26N4. The second kappa shape index (κ2) is 7.80. The van der Waals surface area contributed by atoms with Crippen molar-refractivity contribution in [1.82, 2.24) is 19.4 Å². The Morgan fingerprint density at radius 2 is 1.74 bits per heavy atom. The average Bonchev–Trinajstić information content (AvgIpc) is 3.31. The summed E-state index contributed by atoms with van der Waals surface area (Å²) in [6.45, 7) is 7.02. The van der Waals surface area contributed by atoms with Crippen LogP contribution in [0.15, 0.2) is 73.1 Å². The normalized spacial score (nSPS) is 12.5. The molecule has 1 atom stereocenters. The highest BCUT2D eigenvalue weighted by Crippen LogP contribution is 2.21. The van der Waals surface area contributed by atoms with E-state index in [4.69, 9.17) is 4.98 Å². The SMILES string of the molecule is CCn1c([C@H](C)NCc2ccn(Cc3ccccc3)c2)nc2ccccc21. The van der Waals surface area contributed by atoms with Gasteiger partial charge < -0.3 is 14.5 Å². The van der Waals surface area contributed by atoms with Crippen molar-refractivity contribution in [2.75, 3.05) is 0 Å². The van der Waals surface area contributed by atoms with E-state index in [1.165, 1.54) is 16.6 Å². The van der Waals surface area contributed by atoms with Gasteiger partial charge in [-0.3, -0.25) is 0 Å². The predicted octanol–water partition coefficient (Wildman–Crippen LogP) is 4.76. The molecular weight excluding hydrogens is 332 g/mol. The minimum absolute atomic E-state index is 0.190. The molecule has 0 spiro atoms. The van der Waals surface area contributed by atoms with E-state index < -0.39 is 0 Å². The number of aromatic nitrogens is 3. The van der Waals surface area contributed by atoms with E-state index in [1.54, 1.807) is 0 Å². The van der Waals surface area contributed by atoms with Gasteiger partial charge in [0, 0.05) is 32.0 Å². The first-order valence-electron chi connectivity index (χ1n) is 9.61. The number of hydrogen-bond acceptors (Lipinski definition) is 2. The largest absolute Gasteiger partial charge is 0.350 e. The van der Waals surface area contributed by atoms with Gasteiger partial charge in [-0.15, -0.1) is 0 Å². The molecule has 138 valence electrons. The maximum Gasteiger partial charge on any atom is 0.126 e. The molecule has 4 nitrogen and oxygen atoms in total. The lowest BCUT2D eigenvalue weighted by Gasteiger charge is -2.15. The number of nitrogens with zero attached hydrogens (tertiary/aromatic N) is 3. The van der Waals surface area contributed by atoms with Gasteiger partial charge in [-0.1, -0.05) is 42.5 Å². The fraction of sp³-hybridized carbons (Fsp3) is 0.261. The van der Waals surface area contributed by atoms with Crippen LogP contribution in [0.1, 0.15) is 36.8 Å². The van der Waals surface area contributed by atoms with E-state index in [0.29, 0.717) is 0 Å². The molecule has 4 heteroatoms. The third kappa shape index (κ3) is 3.81. The summed E-state index contributed by atoms with van der Waals surface area (Å²) in [6.07, 6.45) is 4.37. The Labute approximate surface area is 160 Å². The van der Waals surface area contributed by atoms with Crippen LogP contribution in [0, 0.1) is 0 Å². The average molecular weight is 358 g/mol. The molecule has 0 fully saturated rings. The van der Waals surface area contributed by atoms with Gasteiger partial charge in [0.1, 0.15) is 5.82 Å². The molecule has 0 aliphatic carbocycles. The van der Waals surface area contributed by atoms with E-state index in [1.807, 2.05) is 6.07 Å². The maximum absolute atomic E-state index is 4.85. The number of benzene rings is 2. The zero-order chi connectivity index (χ0) is 18.6. The molecule has 0 aliphatic heterocycles. The van der Waals surface area contributed by atoms with E-state index in [0.717, 1.165) is 31.0 Å². The molecule has 0 unspecified atom stereocenters. The van der Waals surface area contributed by atoms with Gasteiger partial charge in [-0.05, 0) is 43.2 Å². The summed E-state index contributed by atoms with van der Waals surface area (Å²) in [6, 6.07) is 21.3. The molecule has 2 aromatic carbocycles. The first-order chi connectivity index (χ1) is 13.2. The fourth-order valence-corrected chi connectivity index (χ4v) is 3.61. The second-order valence-electron chi connectivity index (χ2n) is 6.98. The van der Waals surface area contributed by atoms with Gasteiger partial charge in [0.15, 0.2) is 0 Å². The first kappa shape index (κ1) is 17.6. The van der Waals surface area contributed by atoms with E-state index in [-0.39, 0.29) is 6.04 Å². The summed E-state index contributed by atoms with van der Waals surface area (Å²) >= 11 is 0. The summed E-state index contributed by atoms with van der Waals surface area (Å²) in [4.78, 5) is 4.85. The van der Waals surface area contributed by atoms with Crippen molar-refractivity contribution >= 4 is 11.0 Å². The minimum Gasteiger partial charge on any atom is -0.350 e. The van der Waals surface area contributed by atoms with Crippen LogP contribution in [0.2, 0.25) is 0 Å². The predicted molar refractivity (Wildman–Crippen MR) is 111 cm³/mol. The monoisotopic (exact) mass is 358 g/mol. The van der Waals surface area contributed by atoms with Gasteiger partial charge in [-0.25, -0.2) is 4.98 Å². The van der Waals surface area contributed by atoms with Gasteiger partial charge >= 0.3 is 0 Å². The van der Waals surface area contributed by atoms with Crippen molar-refractivity contribution in [3.05, 3.63) is 90.0 Å². The standard InChI is InChI=1S/C23H26N4/c1-3-27-22-12-8-7-11-21(22)25-23(27)18(2)24-15-20-13-14-26(17-20)16-19-9-5-4-6-10-19/h4-14,17-18,24H,3,15-16H2,1-2H3/t18-/m0/s1. The number of imidazole rings is 1. The van der Waals surface area contributed by atoms with Crippen molar-refractivity contribution in [3.63, 3.8) is 0 Å². The van der Waals surface area contributed by atoms with Crippen molar-refractivity contribution in [1.29, 1.82) is 0 Å².